The Bertz CT molecular complexity index is 429. The summed E-state index contributed by atoms with van der Waals surface area (Å²) in [5, 5.41) is 0.513. The molecule has 5 heteroatoms. The molecule has 0 radical (unpaired) electrons. The van der Waals surface area contributed by atoms with Crippen LogP contribution in [0.2, 0.25) is 10.0 Å². The Morgan fingerprint density at radius 3 is 2.67 bits per heavy atom. The zero-order valence-electron chi connectivity index (χ0n) is 7.97. The zero-order chi connectivity index (χ0) is 11.0. The molecule has 0 atom stereocenters. The van der Waals surface area contributed by atoms with Crippen molar-refractivity contribution in [2.45, 2.75) is 6.92 Å². The Morgan fingerprint density at radius 2 is 2.00 bits per heavy atom. The van der Waals surface area contributed by atoms with Crippen molar-refractivity contribution in [1.29, 1.82) is 0 Å². The van der Waals surface area contributed by atoms with Crippen molar-refractivity contribution >= 4 is 29.0 Å². The number of hydrogen-bond acceptors (Lipinski definition) is 3. The Kier molecular flexibility index (Phi) is 2.76. The van der Waals surface area contributed by atoms with Crippen LogP contribution in [0.1, 0.15) is 17.3 Å². The summed E-state index contributed by atoms with van der Waals surface area (Å²) < 4.78 is 10.7. The van der Waals surface area contributed by atoms with E-state index in [1.54, 1.807) is 6.07 Å². The number of ketones is 1. The van der Waals surface area contributed by atoms with E-state index in [1.165, 1.54) is 6.92 Å². The van der Waals surface area contributed by atoms with Crippen LogP contribution in [0.3, 0.4) is 0 Å². The van der Waals surface area contributed by atoms with Gasteiger partial charge in [-0.15, -0.1) is 0 Å². The van der Waals surface area contributed by atoms with Crippen molar-refractivity contribution in [2.75, 3.05) is 13.2 Å². The number of carbonyl (C=O) groups excluding carboxylic acids is 1. The lowest BCUT2D eigenvalue weighted by molar-refractivity contribution is 0.100. The maximum Gasteiger partial charge on any atom is 0.173 e. The van der Waals surface area contributed by atoms with E-state index in [9.17, 15) is 4.79 Å². The minimum absolute atomic E-state index is 0.191. The number of benzene rings is 1. The molecule has 1 heterocycles. The minimum atomic E-state index is -0.191. The van der Waals surface area contributed by atoms with E-state index in [0.29, 0.717) is 35.3 Å². The molecule has 0 amide bonds. The molecule has 0 spiro atoms. The zero-order valence-corrected chi connectivity index (χ0v) is 9.48. The van der Waals surface area contributed by atoms with Crippen LogP contribution in [0.25, 0.3) is 0 Å². The van der Waals surface area contributed by atoms with Crippen molar-refractivity contribution in [3.8, 4) is 11.5 Å². The first kappa shape index (κ1) is 10.6. The van der Waals surface area contributed by atoms with E-state index >= 15 is 0 Å². The maximum absolute atomic E-state index is 11.4. The lowest BCUT2D eigenvalue weighted by Gasteiger charge is -2.21. The summed E-state index contributed by atoms with van der Waals surface area (Å²) in [4.78, 5) is 11.4. The van der Waals surface area contributed by atoms with Gasteiger partial charge in [-0.1, -0.05) is 23.2 Å². The van der Waals surface area contributed by atoms with Crippen molar-refractivity contribution in [3.63, 3.8) is 0 Å². The lowest BCUT2D eigenvalue weighted by Crippen LogP contribution is -2.17. The highest BCUT2D eigenvalue weighted by Gasteiger charge is 2.23. The Hall–Kier alpha value is -0.930. The smallest absolute Gasteiger partial charge is 0.173 e. The molecule has 0 saturated heterocycles. The van der Waals surface area contributed by atoms with Crippen LogP contribution in [0.4, 0.5) is 0 Å². The summed E-state index contributed by atoms with van der Waals surface area (Å²) in [6.07, 6.45) is 0. The number of carbonyl (C=O) groups is 1. The second-order valence-corrected chi connectivity index (χ2v) is 3.91. The summed E-state index contributed by atoms with van der Waals surface area (Å²) in [6, 6.07) is 1.56. The molecule has 80 valence electrons. The molecule has 0 bridgehead atoms. The van der Waals surface area contributed by atoms with Gasteiger partial charge < -0.3 is 9.47 Å². The normalized spacial score (nSPS) is 13.8. The fraction of sp³-hybridized carbons (Fsp3) is 0.300. The van der Waals surface area contributed by atoms with Gasteiger partial charge in [-0.2, -0.15) is 0 Å². The van der Waals surface area contributed by atoms with Crippen molar-refractivity contribution in [1.82, 2.24) is 0 Å². The fourth-order valence-corrected chi connectivity index (χ4v) is 1.91. The molecule has 0 fully saturated rings. The van der Waals surface area contributed by atoms with Crippen molar-refractivity contribution < 1.29 is 14.3 Å². The van der Waals surface area contributed by atoms with E-state index < -0.39 is 0 Å². The number of rotatable bonds is 1. The molecular weight excluding hydrogens is 239 g/mol. The number of hydrogen-bond donors (Lipinski definition) is 0. The molecule has 0 N–H and O–H groups in total. The molecule has 0 aliphatic carbocycles. The van der Waals surface area contributed by atoms with E-state index in [4.69, 9.17) is 32.7 Å². The molecule has 0 unspecified atom stereocenters. The van der Waals surface area contributed by atoms with Gasteiger partial charge in [-0.05, 0) is 6.92 Å². The lowest BCUT2D eigenvalue weighted by atomic mass is 10.1. The summed E-state index contributed by atoms with van der Waals surface area (Å²) >= 11 is 11.8. The average Bonchev–Trinajstić information content (AvgIpc) is 2.19. The monoisotopic (exact) mass is 246 g/mol. The Balaban J connectivity index is 2.68. The van der Waals surface area contributed by atoms with Gasteiger partial charge in [0.25, 0.3) is 0 Å². The van der Waals surface area contributed by atoms with Gasteiger partial charge in [0.05, 0.1) is 15.6 Å². The highest BCUT2D eigenvalue weighted by atomic mass is 35.5. The van der Waals surface area contributed by atoms with Crippen molar-refractivity contribution in [3.05, 3.63) is 21.7 Å². The second-order valence-electron chi connectivity index (χ2n) is 3.13. The first-order valence-corrected chi connectivity index (χ1v) is 5.15. The molecule has 1 aliphatic rings. The van der Waals surface area contributed by atoms with Gasteiger partial charge in [0.2, 0.25) is 0 Å². The average molecular weight is 247 g/mol. The molecule has 3 nitrogen and oxygen atoms in total. The third-order valence-electron chi connectivity index (χ3n) is 2.08. The van der Waals surface area contributed by atoms with Crippen molar-refractivity contribution in [2.24, 2.45) is 0 Å². The molecular formula is C10H8Cl2O3. The topological polar surface area (TPSA) is 35.5 Å². The Morgan fingerprint density at radius 1 is 1.33 bits per heavy atom. The molecule has 1 aromatic rings. The Labute approximate surface area is 96.9 Å². The third kappa shape index (κ3) is 1.77. The van der Waals surface area contributed by atoms with Crippen LogP contribution in [0, 0.1) is 0 Å². The standard InChI is InChI=1S/C10H8Cl2O3/c1-5(13)8-9(12)6(11)4-7-10(8)15-3-2-14-7/h4H,2-3H2,1H3. The highest BCUT2D eigenvalue weighted by Crippen LogP contribution is 2.42. The molecule has 1 aliphatic heterocycles. The summed E-state index contributed by atoms with van der Waals surface area (Å²) in [7, 11) is 0. The van der Waals surface area contributed by atoms with E-state index in [2.05, 4.69) is 0 Å². The summed E-state index contributed by atoms with van der Waals surface area (Å²) in [5.74, 6) is 0.674. The van der Waals surface area contributed by atoms with Crippen LogP contribution < -0.4 is 9.47 Å². The minimum Gasteiger partial charge on any atom is -0.486 e. The number of fused-ring (bicyclic) bond motifs is 1. The summed E-state index contributed by atoms with van der Waals surface area (Å²) in [6.45, 7) is 2.27. The van der Waals surface area contributed by atoms with E-state index in [-0.39, 0.29) is 10.8 Å². The molecule has 0 saturated carbocycles. The van der Waals surface area contributed by atoms with Gasteiger partial charge in [0.15, 0.2) is 17.3 Å². The maximum atomic E-state index is 11.4. The summed E-state index contributed by atoms with van der Waals surface area (Å²) in [5.41, 5.74) is 0.291. The van der Waals surface area contributed by atoms with Gasteiger partial charge in [0.1, 0.15) is 13.2 Å². The molecule has 15 heavy (non-hydrogen) atoms. The van der Waals surface area contributed by atoms with E-state index in [0.717, 1.165) is 0 Å². The highest BCUT2D eigenvalue weighted by molar-refractivity contribution is 6.44. The van der Waals surface area contributed by atoms with Gasteiger partial charge in [0, 0.05) is 6.07 Å². The number of halogens is 2. The number of ether oxygens (including phenoxy) is 2. The quantitative estimate of drug-likeness (QED) is 0.715. The van der Waals surface area contributed by atoms with Crippen LogP contribution >= 0.6 is 23.2 Å². The van der Waals surface area contributed by atoms with Gasteiger partial charge >= 0.3 is 0 Å². The van der Waals surface area contributed by atoms with Gasteiger partial charge in [-0.3, -0.25) is 4.79 Å². The molecule has 0 aromatic heterocycles. The predicted octanol–water partition coefficient (Wildman–Crippen LogP) is 2.97. The number of Topliss-reactive ketones (excluding diaryl/α,β-unsaturated/α-hetero) is 1. The van der Waals surface area contributed by atoms with Gasteiger partial charge in [-0.25, -0.2) is 0 Å². The van der Waals surface area contributed by atoms with Crippen LogP contribution in [-0.2, 0) is 0 Å². The van der Waals surface area contributed by atoms with E-state index in [1.807, 2.05) is 0 Å². The molecule has 1 aromatic carbocycles. The first-order valence-electron chi connectivity index (χ1n) is 4.40. The first-order chi connectivity index (χ1) is 7.11. The van der Waals surface area contributed by atoms with Crippen LogP contribution in [-0.4, -0.2) is 19.0 Å². The fourth-order valence-electron chi connectivity index (χ4n) is 1.45. The predicted molar refractivity (Wildman–Crippen MR) is 57.5 cm³/mol. The van der Waals surface area contributed by atoms with Crippen LogP contribution in [0.5, 0.6) is 11.5 Å². The second kappa shape index (κ2) is 3.91. The third-order valence-corrected chi connectivity index (χ3v) is 2.86. The molecule has 2 rings (SSSR count). The largest absolute Gasteiger partial charge is 0.486 e. The SMILES string of the molecule is CC(=O)c1c(Cl)c(Cl)cc2c1OCCO2. The van der Waals surface area contributed by atoms with Crippen LogP contribution in [0.15, 0.2) is 6.07 Å².